The average Bonchev–Trinajstić information content (AvgIpc) is 3.30. The van der Waals surface area contributed by atoms with Gasteiger partial charge in [0.25, 0.3) is 11.8 Å². The van der Waals surface area contributed by atoms with Crippen LogP contribution in [0, 0.1) is 6.92 Å². The summed E-state index contributed by atoms with van der Waals surface area (Å²) < 4.78 is 6.93. The molecule has 0 saturated heterocycles. The van der Waals surface area contributed by atoms with Gasteiger partial charge in [-0.3, -0.25) is 9.59 Å². The molecule has 0 saturated carbocycles. The Morgan fingerprint density at radius 2 is 1.63 bits per heavy atom. The maximum absolute atomic E-state index is 13.2. The summed E-state index contributed by atoms with van der Waals surface area (Å²) in [5.41, 5.74) is 4.47. The van der Waals surface area contributed by atoms with Crippen molar-refractivity contribution in [1.29, 1.82) is 0 Å². The standard InChI is InChI=1S/C27H29N5O3/c1-17(2)32-25-23(16-30-32)22(15-24(31-25)19-7-5-18(3)6-8-19)27(34)29-14-13-28-26(33)20-9-11-21(35-4)12-10-20/h5-12,15-17H,13-14H2,1-4H3,(H,28,33)(H,29,34). The highest BCUT2D eigenvalue weighted by molar-refractivity contribution is 6.06. The zero-order chi connectivity index (χ0) is 24.9. The molecule has 2 aromatic heterocycles. The van der Waals surface area contributed by atoms with E-state index in [1.54, 1.807) is 43.6 Å². The molecular weight excluding hydrogens is 442 g/mol. The highest BCUT2D eigenvalue weighted by Gasteiger charge is 2.18. The molecule has 2 heterocycles. The van der Waals surface area contributed by atoms with Gasteiger partial charge in [-0.25, -0.2) is 9.67 Å². The van der Waals surface area contributed by atoms with Gasteiger partial charge in [0.1, 0.15) is 5.75 Å². The molecule has 4 aromatic rings. The van der Waals surface area contributed by atoms with E-state index < -0.39 is 0 Å². The van der Waals surface area contributed by atoms with Crippen LogP contribution < -0.4 is 15.4 Å². The van der Waals surface area contributed by atoms with Crippen LogP contribution in [-0.4, -0.2) is 46.8 Å². The van der Waals surface area contributed by atoms with Gasteiger partial charge in [0.2, 0.25) is 0 Å². The number of rotatable bonds is 8. The lowest BCUT2D eigenvalue weighted by molar-refractivity contribution is 0.0928. The fourth-order valence-electron chi connectivity index (χ4n) is 3.75. The number of methoxy groups -OCH3 is 1. The average molecular weight is 472 g/mol. The molecule has 8 nitrogen and oxygen atoms in total. The van der Waals surface area contributed by atoms with E-state index in [0.717, 1.165) is 11.1 Å². The molecule has 8 heteroatoms. The van der Waals surface area contributed by atoms with Crippen molar-refractivity contribution in [2.45, 2.75) is 26.8 Å². The summed E-state index contributed by atoms with van der Waals surface area (Å²) in [5, 5.41) is 10.9. The second-order valence-electron chi connectivity index (χ2n) is 8.58. The number of benzene rings is 2. The molecule has 0 aliphatic heterocycles. The zero-order valence-electron chi connectivity index (χ0n) is 20.3. The molecule has 0 aliphatic carbocycles. The Morgan fingerprint density at radius 3 is 2.26 bits per heavy atom. The Hall–Kier alpha value is -4.20. The number of pyridine rings is 1. The maximum Gasteiger partial charge on any atom is 0.252 e. The van der Waals surface area contributed by atoms with Gasteiger partial charge in [0.05, 0.1) is 30.0 Å². The lowest BCUT2D eigenvalue weighted by atomic mass is 10.1. The fraction of sp³-hybridized carbons (Fsp3) is 0.259. The molecule has 0 aliphatic rings. The number of ether oxygens (including phenoxy) is 1. The summed E-state index contributed by atoms with van der Waals surface area (Å²) in [6.07, 6.45) is 1.68. The van der Waals surface area contributed by atoms with Crippen LogP contribution in [0.5, 0.6) is 5.75 Å². The summed E-state index contributed by atoms with van der Waals surface area (Å²) in [4.78, 5) is 30.3. The number of nitrogens with one attached hydrogen (secondary N) is 2. The molecule has 4 rings (SSSR count). The Bertz CT molecular complexity index is 1340. The van der Waals surface area contributed by atoms with E-state index in [0.29, 0.717) is 40.1 Å². The van der Waals surface area contributed by atoms with Gasteiger partial charge in [0.15, 0.2) is 5.65 Å². The summed E-state index contributed by atoms with van der Waals surface area (Å²) >= 11 is 0. The summed E-state index contributed by atoms with van der Waals surface area (Å²) in [5.74, 6) is 0.226. The van der Waals surface area contributed by atoms with Gasteiger partial charge in [0, 0.05) is 30.3 Å². The van der Waals surface area contributed by atoms with Gasteiger partial charge >= 0.3 is 0 Å². The number of nitrogens with zero attached hydrogens (tertiary/aromatic N) is 3. The molecule has 0 radical (unpaired) electrons. The van der Waals surface area contributed by atoms with Crippen LogP contribution in [0.15, 0.2) is 60.8 Å². The molecule has 2 N–H and O–H groups in total. The Labute approximate surface area is 204 Å². The number of hydrogen-bond acceptors (Lipinski definition) is 5. The Balaban J connectivity index is 1.50. The molecule has 35 heavy (non-hydrogen) atoms. The molecule has 0 bridgehead atoms. The van der Waals surface area contributed by atoms with Crippen molar-refractivity contribution in [1.82, 2.24) is 25.4 Å². The molecule has 2 aromatic carbocycles. The van der Waals surface area contributed by atoms with E-state index in [1.807, 2.05) is 49.7 Å². The van der Waals surface area contributed by atoms with E-state index in [2.05, 4.69) is 15.7 Å². The van der Waals surface area contributed by atoms with Gasteiger partial charge in [-0.15, -0.1) is 0 Å². The minimum absolute atomic E-state index is 0.0948. The molecule has 180 valence electrons. The number of carbonyl (C=O) groups excluding carboxylic acids is 2. The molecule has 2 amide bonds. The molecule has 0 fully saturated rings. The minimum atomic E-state index is -0.243. The van der Waals surface area contributed by atoms with Crippen molar-refractivity contribution in [3.05, 3.63) is 77.5 Å². The first-order valence-electron chi connectivity index (χ1n) is 11.5. The zero-order valence-corrected chi connectivity index (χ0v) is 20.3. The van der Waals surface area contributed by atoms with E-state index in [9.17, 15) is 9.59 Å². The smallest absolute Gasteiger partial charge is 0.252 e. The van der Waals surface area contributed by atoms with Crippen LogP contribution in [0.25, 0.3) is 22.3 Å². The highest BCUT2D eigenvalue weighted by atomic mass is 16.5. The molecule has 0 atom stereocenters. The van der Waals surface area contributed by atoms with E-state index in [1.165, 1.54) is 0 Å². The number of aryl methyl sites for hydroxylation is 1. The number of aromatic nitrogens is 3. The van der Waals surface area contributed by atoms with Gasteiger partial charge in [-0.2, -0.15) is 5.10 Å². The van der Waals surface area contributed by atoms with Crippen molar-refractivity contribution >= 4 is 22.8 Å². The first-order valence-corrected chi connectivity index (χ1v) is 11.5. The third-order valence-electron chi connectivity index (χ3n) is 5.70. The third-order valence-corrected chi connectivity index (χ3v) is 5.70. The molecule has 0 unspecified atom stereocenters. The SMILES string of the molecule is COc1ccc(C(=O)NCCNC(=O)c2cc(-c3ccc(C)cc3)nc3c2cnn3C(C)C)cc1. The van der Waals surface area contributed by atoms with Gasteiger partial charge in [-0.1, -0.05) is 29.8 Å². The van der Waals surface area contributed by atoms with Crippen molar-refractivity contribution < 1.29 is 14.3 Å². The van der Waals surface area contributed by atoms with Crippen LogP contribution in [-0.2, 0) is 0 Å². The monoisotopic (exact) mass is 471 g/mol. The first kappa shape index (κ1) is 23.9. The largest absolute Gasteiger partial charge is 0.497 e. The predicted octanol–water partition coefficient (Wildman–Crippen LogP) is 4.16. The topological polar surface area (TPSA) is 98.1 Å². The lowest BCUT2D eigenvalue weighted by Gasteiger charge is -2.12. The van der Waals surface area contributed by atoms with Crippen LogP contribution in [0.1, 0.15) is 46.2 Å². The van der Waals surface area contributed by atoms with E-state index in [4.69, 9.17) is 9.72 Å². The number of amides is 2. The van der Waals surface area contributed by atoms with Crippen LogP contribution in [0.4, 0.5) is 0 Å². The van der Waals surface area contributed by atoms with Crippen LogP contribution >= 0.6 is 0 Å². The van der Waals surface area contributed by atoms with Crippen molar-refractivity contribution in [2.75, 3.05) is 20.2 Å². The van der Waals surface area contributed by atoms with E-state index in [-0.39, 0.29) is 24.4 Å². The second kappa shape index (κ2) is 10.4. The second-order valence-corrected chi connectivity index (χ2v) is 8.58. The fourth-order valence-corrected chi connectivity index (χ4v) is 3.75. The summed E-state index contributed by atoms with van der Waals surface area (Å²) in [6, 6.07) is 16.8. The lowest BCUT2D eigenvalue weighted by Crippen LogP contribution is -2.34. The summed E-state index contributed by atoms with van der Waals surface area (Å²) in [7, 11) is 1.58. The van der Waals surface area contributed by atoms with Gasteiger partial charge < -0.3 is 15.4 Å². The normalized spacial score (nSPS) is 11.0. The highest BCUT2D eigenvalue weighted by Crippen LogP contribution is 2.26. The third kappa shape index (κ3) is 5.32. The minimum Gasteiger partial charge on any atom is -0.497 e. The molecular formula is C27H29N5O3. The van der Waals surface area contributed by atoms with Crippen molar-refractivity contribution in [3.8, 4) is 17.0 Å². The van der Waals surface area contributed by atoms with Crippen LogP contribution in [0.2, 0.25) is 0 Å². The molecule has 0 spiro atoms. The quantitative estimate of drug-likeness (QED) is 0.376. The van der Waals surface area contributed by atoms with Crippen molar-refractivity contribution in [3.63, 3.8) is 0 Å². The van der Waals surface area contributed by atoms with Crippen LogP contribution in [0.3, 0.4) is 0 Å². The van der Waals surface area contributed by atoms with Gasteiger partial charge in [-0.05, 0) is 51.1 Å². The first-order chi connectivity index (χ1) is 16.9. The predicted molar refractivity (Wildman–Crippen MR) is 136 cm³/mol. The Kier molecular flexibility index (Phi) is 7.10. The number of carbonyl (C=O) groups is 2. The van der Waals surface area contributed by atoms with E-state index >= 15 is 0 Å². The summed E-state index contributed by atoms with van der Waals surface area (Å²) in [6.45, 7) is 6.65. The maximum atomic E-state index is 13.2. The van der Waals surface area contributed by atoms with Crippen molar-refractivity contribution in [2.24, 2.45) is 0 Å². The number of hydrogen-bond donors (Lipinski definition) is 2. The number of fused-ring (bicyclic) bond motifs is 1. The Morgan fingerprint density at radius 1 is 0.971 bits per heavy atom.